The molecule has 0 aromatic rings. The molecule has 0 heterocycles. The van der Waals surface area contributed by atoms with Crippen LogP contribution in [0.2, 0.25) is 0 Å². The first kappa shape index (κ1) is 9.92. The predicted molar refractivity (Wildman–Crippen MR) is 44.2 cm³/mol. The molecule has 0 rings (SSSR count). The van der Waals surface area contributed by atoms with Crippen LogP contribution in [0.5, 0.6) is 0 Å². The third kappa shape index (κ3) is 3.18. The van der Waals surface area contributed by atoms with Crippen LogP contribution in [-0.2, 0) is 4.74 Å². The van der Waals surface area contributed by atoms with Gasteiger partial charge in [-0.15, -0.1) is 0 Å². The maximum absolute atomic E-state index is 5.42. The van der Waals surface area contributed by atoms with Gasteiger partial charge in [0, 0.05) is 12.6 Å². The minimum absolute atomic E-state index is 0.333. The van der Waals surface area contributed by atoms with E-state index in [2.05, 4.69) is 32.8 Å². The highest BCUT2D eigenvalue weighted by Gasteiger charge is 2.12. The Morgan fingerprint density at radius 2 is 1.80 bits per heavy atom. The van der Waals surface area contributed by atoms with Gasteiger partial charge in [-0.3, -0.25) is 0 Å². The van der Waals surface area contributed by atoms with Gasteiger partial charge in [-0.25, -0.2) is 0 Å². The van der Waals surface area contributed by atoms with Crippen LogP contribution in [-0.4, -0.2) is 37.7 Å². The van der Waals surface area contributed by atoms with E-state index in [0.717, 1.165) is 6.61 Å². The van der Waals surface area contributed by atoms with Crippen molar-refractivity contribution >= 4 is 0 Å². The molecular weight excluding hydrogens is 126 g/mol. The van der Waals surface area contributed by atoms with Gasteiger partial charge in [-0.1, -0.05) is 0 Å². The molecule has 0 saturated heterocycles. The number of hydrogen-bond acceptors (Lipinski definition) is 2. The molecule has 0 aromatic carbocycles. The summed E-state index contributed by atoms with van der Waals surface area (Å²) in [6, 6.07) is 0.500. The van der Waals surface area contributed by atoms with Crippen molar-refractivity contribution in [2.75, 3.05) is 20.7 Å². The molecule has 0 aliphatic heterocycles. The van der Waals surface area contributed by atoms with Crippen molar-refractivity contribution in [1.82, 2.24) is 4.90 Å². The van der Waals surface area contributed by atoms with E-state index >= 15 is 0 Å². The first-order valence-electron chi connectivity index (χ1n) is 3.87. The van der Waals surface area contributed by atoms with Gasteiger partial charge in [0.05, 0.1) is 6.10 Å². The fraction of sp³-hybridized carbons (Fsp3) is 1.00. The number of rotatable bonds is 4. The van der Waals surface area contributed by atoms with Gasteiger partial charge < -0.3 is 9.64 Å². The second-order valence-corrected chi connectivity index (χ2v) is 2.86. The molecule has 2 heteroatoms. The Morgan fingerprint density at radius 1 is 1.30 bits per heavy atom. The number of ether oxygens (including phenoxy) is 1. The summed E-state index contributed by atoms with van der Waals surface area (Å²) in [5, 5.41) is 0. The van der Waals surface area contributed by atoms with Crippen LogP contribution in [0, 0.1) is 0 Å². The summed E-state index contributed by atoms with van der Waals surface area (Å²) in [4.78, 5) is 2.17. The lowest BCUT2D eigenvalue weighted by atomic mass is 10.2. The normalized spacial score (nSPS) is 17.4. The third-order valence-electron chi connectivity index (χ3n) is 1.92. The SMILES string of the molecule is CCOC(C)C(C)N(C)C. The molecule has 2 unspecified atom stereocenters. The lowest BCUT2D eigenvalue weighted by Gasteiger charge is -2.25. The van der Waals surface area contributed by atoms with Crippen LogP contribution in [0.15, 0.2) is 0 Å². The molecule has 0 aliphatic carbocycles. The van der Waals surface area contributed by atoms with Crippen LogP contribution in [0.25, 0.3) is 0 Å². The van der Waals surface area contributed by atoms with Gasteiger partial charge in [0.1, 0.15) is 0 Å². The van der Waals surface area contributed by atoms with Gasteiger partial charge >= 0.3 is 0 Å². The van der Waals surface area contributed by atoms with Crippen molar-refractivity contribution in [1.29, 1.82) is 0 Å². The summed E-state index contributed by atoms with van der Waals surface area (Å²) < 4.78 is 5.42. The largest absolute Gasteiger partial charge is 0.377 e. The highest BCUT2D eigenvalue weighted by molar-refractivity contribution is 4.66. The molecule has 0 N–H and O–H groups in total. The van der Waals surface area contributed by atoms with E-state index in [9.17, 15) is 0 Å². The molecule has 0 radical (unpaired) electrons. The maximum atomic E-state index is 5.42. The van der Waals surface area contributed by atoms with E-state index in [4.69, 9.17) is 4.74 Å². The molecule has 10 heavy (non-hydrogen) atoms. The van der Waals surface area contributed by atoms with E-state index in [1.54, 1.807) is 0 Å². The molecule has 62 valence electrons. The lowest BCUT2D eigenvalue weighted by Crippen LogP contribution is -2.36. The fourth-order valence-corrected chi connectivity index (χ4v) is 0.822. The lowest BCUT2D eigenvalue weighted by molar-refractivity contribution is 0.0239. The van der Waals surface area contributed by atoms with Gasteiger partial charge in [0.2, 0.25) is 0 Å². The highest BCUT2D eigenvalue weighted by atomic mass is 16.5. The molecule has 2 nitrogen and oxygen atoms in total. The van der Waals surface area contributed by atoms with Crippen LogP contribution >= 0.6 is 0 Å². The van der Waals surface area contributed by atoms with Crippen LogP contribution in [0.4, 0.5) is 0 Å². The molecular formula is C8H19NO. The van der Waals surface area contributed by atoms with E-state index in [1.807, 2.05) is 6.92 Å². The summed E-state index contributed by atoms with van der Waals surface area (Å²) in [7, 11) is 4.14. The Kier molecular flexibility index (Phi) is 4.65. The Hall–Kier alpha value is -0.0800. The molecule has 2 atom stereocenters. The van der Waals surface area contributed by atoms with Crippen LogP contribution < -0.4 is 0 Å². The van der Waals surface area contributed by atoms with Crippen molar-refractivity contribution in [2.24, 2.45) is 0 Å². The van der Waals surface area contributed by atoms with Crippen molar-refractivity contribution < 1.29 is 4.74 Å². The molecule has 0 aliphatic rings. The number of likely N-dealkylation sites (N-methyl/N-ethyl adjacent to an activating group) is 1. The average molecular weight is 145 g/mol. The van der Waals surface area contributed by atoms with Gasteiger partial charge in [-0.2, -0.15) is 0 Å². The zero-order chi connectivity index (χ0) is 8.15. The van der Waals surface area contributed by atoms with Crippen molar-refractivity contribution in [2.45, 2.75) is 32.9 Å². The first-order chi connectivity index (χ1) is 4.59. The molecule has 0 bridgehead atoms. The Bertz CT molecular complexity index is 83.3. The van der Waals surface area contributed by atoms with E-state index < -0.39 is 0 Å². The second-order valence-electron chi connectivity index (χ2n) is 2.86. The molecule has 0 spiro atoms. The van der Waals surface area contributed by atoms with Gasteiger partial charge in [-0.05, 0) is 34.9 Å². The third-order valence-corrected chi connectivity index (χ3v) is 1.92. The Balaban J connectivity index is 3.58. The summed E-state index contributed by atoms with van der Waals surface area (Å²) in [5.41, 5.74) is 0. The topological polar surface area (TPSA) is 12.5 Å². The average Bonchev–Trinajstić information content (AvgIpc) is 1.87. The minimum atomic E-state index is 0.333. The minimum Gasteiger partial charge on any atom is -0.377 e. The Labute approximate surface area is 64.2 Å². The van der Waals surface area contributed by atoms with E-state index in [1.165, 1.54) is 0 Å². The molecule has 0 saturated carbocycles. The van der Waals surface area contributed by atoms with Crippen molar-refractivity contribution in [3.05, 3.63) is 0 Å². The fourth-order valence-electron chi connectivity index (χ4n) is 0.822. The Morgan fingerprint density at radius 3 is 2.10 bits per heavy atom. The molecule has 0 fully saturated rings. The number of nitrogens with zero attached hydrogens (tertiary/aromatic N) is 1. The summed E-state index contributed by atoms with van der Waals surface area (Å²) in [5.74, 6) is 0. The number of hydrogen-bond donors (Lipinski definition) is 0. The zero-order valence-corrected chi connectivity index (χ0v) is 7.72. The molecule has 0 amide bonds. The summed E-state index contributed by atoms with van der Waals surface area (Å²) in [6.07, 6.45) is 0.333. The maximum Gasteiger partial charge on any atom is 0.0699 e. The summed E-state index contributed by atoms with van der Waals surface area (Å²) >= 11 is 0. The predicted octanol–water partition coefficient (Wildman–Crippen LogP) is 1.36. The van der Waals surface area contributed by atoms with E-state index in [-0.39, 0.29) is 0 Å². The van der Waals surface area contributed by atoms with Crippen LogP contribution in [0.3, 0.4) is 0 Å². The van der Waals surface area contributed by atoms with Crippen molar-refractivity contribution in [3.8, 4) is 0 Å². The van der Waals surface area contributed by atoms with Gasteiger partial charge in [0.15, 0.2) is 0 Å². The van der Waals surface area contributed by atoms with E-state index in [0.29, 0.717) is 12.1 Å². The zero-order valence-electron chi connectivity index (χ0n) is 7.72. The summed E-state index contributed by atoms with van der Waals surface area (Å²) in [6.45, 7) is 7.10. The highest BCUT2D eigenvalue weighted by Crippen LogP contribution is 2.02. The smallest absolute Gasteiger partial charge is 0.0699 e. The monoisotopic (exact) mass is 145 g/mol. The van der Waals surface area contributed by atoms with Crippen molar-refractivity contribution in [3.63, 3.8) is 0 Å². The quantitative estimate of drug-likeness (QED) is 0.592. The standard InChI is InChI=1S/C8H19NO/c1-6-10-8(3)7(2)9(4)5/h7-8H,6H2,1-5H3. The van der Waals surface area contributed by atoms with Crippen LogP contribution in [0.1, 0.15) is 20.8 Å². The molecule has 0 aromatic heterocycles. The first-order valence-corrected chi connectivity index (χ1v) is 3.87. The van der Waals surface area contributed by atoms with Gasteiger partial charge in [0.25, 0.3) is 0 Å². The second kappa shape index (κ2) is 4.69.